The molecule has 2 aromatic rings. The van der Waals surface area contributed by atoms with Gasteiger partial charge in [-0.25, -0.2) is 4.39 Å². The first-order chi connectivity index (χ1) is 15.6. The molecule has 7 heteroatoms. The third-order valence-corrected chi connectivity index (χ3v) is 6.38. The third kappa shape index (κ3) is 7.54. The van der Waals surface area contributed by atoms with Gasteiger partial charge in [0.05, 0.1) is 11.6 Å². The first kappa shape index (κ1) is 24.6. The Bertz CT molecular complexity index is 855. The van der Waals surface area contributed by atoms with Crippen LogP contribution >= 0.6 is 11.6 Å². The van der Waals surface area contributed by atoms with Crippen LogP contribution in [0.15, 0.2) is 42.5 Å². The summed E-state index contributed by atoms with van der Waals surface area (Å²) in [7, 11) is 0. The lowest BCUT2D eigenvalue weighted by Crippen LogP contribution is -2.47. The predicted octanol–water partition coefficient (Wildman–Crippen LogP) is 3.71. The first-order valence-corrected chi connectivity index (χ1v) is 11.8. The quantitative estimate of drug-likeness (QED) is 0.557. The van der Waals surface area contributed by atoms with Crippen LogP contribution in [-0.4, -0.2) is 67.1 Å². The number of rotatable bonds is 11. The van der Waals surface area contributed by atoms with Crippen LogP contribution in [0, 0.1) is 17.1 Å². The minimum Gasteiger partial charge on any atom is -0.330 e. The molecule has 0 aliphatic carbocycles. The Morgan fingerprint density at radius 1 is 0.969 bits per heavy atom. The fourth-order valence-electron chi connectivity index (χ4n) is 4.13. The van der Waals surface area contributed by atoms with Crippen molar-refractivity contribution < 1.29 is 4.39 Å². The SMILES string of the molecule is N#Cc1ccc(CN(CCCN2CCN(CCCN)CC2)Cc2c(F)cccc2Cl)cc1. The van der Waals surface area contributed by atoms with Gasteiger partial charge in [0.15, 0.2) is 0 Å². The summed E-state index contributed by atoms with van der Waals surface area (Å²) >= 11 is 6.30. The Morgan fingerprint density at radius 3 is 2.22 bits per heavy atom. The summed E-state index contributed by atoms with van der Waals surface area (Å²) in [6.45, 7) is 9.21. The maximum Gasteiger partial charge on any atom is 0.129 e. The first-order valence-electron chi connectivity index (χ1n) is 11.4. The van der Waals surface area contributed by atoms with E-state index in [1.165, 1.54) is 6.07 Å². The van der Waals surface area contributed by atoms with Crippen molar-refractivity contribution in [2.75, 3.05) is 52.4 Å². The van der Waals surface area contributed by atoms with Gasteiger partial charge in [-0.05, 0) is 62.3 Å². The van der Waals surface area contributed by atoms with Crippen LogP contribution in [0.1, 0.15) is 29.5 Å². The number of benzene rings is 2. The molecular formula is C25H33ClFN5. The Labute approximate surface area is 196 Å². The highest BCUT2D eigenvalue weighted by atomic mass is 35.5. The molecule has 0 unspecified atom stereocenters. The van der Waals surface area contributed by atoms with Crippen molar-refractivity contribution in [1.29, 1.82) is 5.26 Å². The Hall–Kier alpha value is -2.01. The molecule has 0 spiro atoms. The van der Waals surface area contributed by atoms with Crippen LogP contribution in [0.5, 0.6) is 0 Å². The third-order valence-electron chi connectivity index (χ3n) is 6.02. The second kappa shape index (κ2) is 12.9. The topological polar surface area (TPSA) is 59.5 Å². The van der Waals surface area contributed by atoms with Crippen LogP contribution in [0.2, 0.25) is 5.02 Å². The van der Waals surface area contributed by atoms with Gasteiger partial charge in [-0.2, -0.15) is 5.26 Å². The molecule has 2 aromatic carbocycles. The summed E-state index contributed by atoms with van der Waals surface area (Å²) in [6, 6.07) is 14.6. The molecule has 172 valence electrons. The summed E-state index contributed by atoms with van der Waals surface area (Å²) in [5.74, 6) is -0.268. The summed E-state index contributed by atoms with van der Waals surface area (Å²) < 4.78 is 14.4. The van der Waals surface area contributed by atoms with Crippen LogP contribution in [-0.2, 0) is 13.1 Å². The molecule has 2 N–H and O–H groups in total. The molecule has 1 fully saturated rings. The lowest BCUT2D eigenvalue weighted by molar-refractivity contribution is 0.125. The summed E-state index contributed by atoms with van der Waals surface area (Å²) in [4.78, 5) is 7.23. The predicted molar refractivity (Wildman–Crippen MR) is 128 cm³/mol. The van der Waals surface area contributed by atoms with E-state index in [0.717, 1.165) is 70.8 Å². The molecule has 1 aliphatic rings. The molecule has 32 heavy (non-hydrogen) atoms. The van der Waals surface area contributed by atoms with Gasteiger partial charge in [0.1, 0.15) is 5.82 Å². The molecule has 1 aliphatic heterocycles. The standard InChI is InChI=1S/C25H33ClFN5/c26-24-4-1-5-25(27)23(24)20-32(19-22-8-6-21(18-29)7-9-22)13-3-12-31-16-14-30(15-17-31)11-2-10-28/h1,4-9H,2-3,10-17,19-20,28H2. The van der Waals surface area contributed by atoms with Gasteiger partial charge in [-0.15, -0.1) is 0 Å². The van der Waals surface area contributed by atoms with Gasteiger partial charge in [0.2, 0.25) is 0 Å². The fraction of sp³-hybridized carbons (Fsp3) is 0.480. The summed E-state index contributed by atoms with van der Waals surface area (Å²) in [6.07, 6.45) is 2.06. The van der Waals surface area contributed by atoms with Gasteiger partial charge < -0.3 is 15.5 Å². The molecule has 0 aromatic heterocycles. The lowest BCUT2D eigenvalue weighted by Gasteiger charge is -2.35. The molecule has 0 saturated carbocycles. The number of hydrogen-bond donors (Lipinski definition) is 1. The van der Waals surface area contributed by atoms with Crippen molar-refractivity contribution >= 4 is 11.6 Å². The minimum absolute atomic E-state index is 0.268. The number of nitrogens with zero attached hydrogens (tertiary/aromatic N) is 4. The number of piperazine rings is 1. The van der Waals surface area contributed by atoms with E-state index in [0.29, 0.717) is 29.2 Å². The van der Waals surface area contributed by atoms with E-state index in [9.17, 15) is 4.39 Å². The van der Waals surface area contributed by atoms with Gasteiger partial charge in [0, 0.05) is 56.4 Å². The Morgan fingerprint density at radius 2 is 1.62 bits per heavy atom. The smallest absolute Gasteiger partial charge is 0.129 e. The molecule has 0 amide bonds. The number of hydrogen-bond acceptors (Lipinski definition) is 5. The van der Waals surface area contributed by atoms with Crippen LogP contribution in [0.4, 0.5) is 4.39 Å². The maximum absolute atomic E-state index is 14.4. The minimum atomic E-state index is -0.268. The van der Waals surface area contributed by atoms with Gasteiger partial charge in [-0.3, -0.25) is 4.90 Å². The average Bonchev–Trinajstić information content (AvgIpc) is 2.81. The zero-order chi connectivity index (χ0) is 22.8. The molecule has 0 atom stereocenters. The molecular weight excluding hydrogens is 425 g/mol. The van der Waals surface area contributed by atoms with Crippen LogP contribution in [0.25, 0.3) is 0 Å². The number of nitrogens with two attached hydrogens (primary N) is 1. The zero-order valence-electron chi connectivity index (χ0n) is 18.6. The van der Waals surface area contributed by atoms with Crippen molar-refractivity contribution in [2.45, 2.75) is 25.9 Å². The van der Waals surface area contributed by atoms with Gasteiger partial charge >= 0.3 is 0 Å². The maximum atomic E-state index is 14.4. The van der Waals surface area contributed by atoms with Crippen LogP contribution in [0.3, 0.4) is 0 Å². The van der Waals surface area contributed by atoms with E-state index in [1.807, 2.05) is 24.3 Å². The molecule has 3 rings (SSSR count). The molecule has 0 bridgehead atoms. The normalized spacial score (nSPS) is 15.2. The van der Waals surface area contributed by atoms with E-state index >= 15 is 0 Å². The molecule has 1 heterocycles. The summed E-state index contributed by atoms with van der Waals surface area (Å²) in [5, 5.41) is 9.50. The zero-order valence-corrected chi connectivity index (χ0v) is 19.4. The highest BCUT2D eigenvalue weighted by molar-refractivity contribution is 6.31. The highest BCUT2D eigenvalue weighted by Gasteiger charge is 2.17. The van der Waals surface area contributed by atoms with Gasteiger partial charge in [0.25, 0.3) is 0 Å². The van der Waals surface area contributed by atoms with Crippen molar-refractivity contribution in [3.8, 4) is 6.07 Å². The van der Waals surface area contributed by atoms with Gasteiger partial charge in [-0.1, -0.05) is 29.8 Å². The van der Waals surface area contributed by atoms with E-state index in [-0.39, 0.29) is 5.82 Å². The van der Waals surface area contributed by atoms with E-state index in [2.05, 4.69) is 20.8 Å². The number of halogens is 2. The van der Waals surface area contributed by atoms with E-state index < -0.39 is 0 Å². The van der Waals surface area contributed by atoms with Crippen molar-refractivity contribution in [3.05, 3.63) is 70.0 Å². The highest BCUT2D eigenvalue weighted by Crippen LogP contribution is 2.22. The molecule has 5 nitrogen and oxygen atoms in total. The molecule has 0 radical (unpaired) electrons. The molecule has 1 saturated heterocycles. The van der Waals surface area contributed by atoms with Crippen molar-refractivity contribution in [2.24, 2.45) is 5.73 Å². The van der Waals surface area contributed by atoms with Crippen molar-refractivity contribution in [3.63, 3.8) is 0 Å². The second-order valence-electron chi connectivity index (χ2n) is 8.40. The van der Waals surface area contributed by atoms with Crippen molar-refractivity contribution in [1.82, 2.24) is 14.7 Å². The van der Waals surface area contributed by atoms with E-state index in [1.54, 1.807) is 12.1 Å². The Kier molecular flexibility index (Phi) is 9.91. The second-order valence-corrected chi connectivity index (χ2v) is 8.81. The Balaban J connectivity index is 1.56. The van der Waals surface area contributed by atoms with E-state index in [4.69, 9.17) is 22.6 Å². The lowest BCUT2D eigenvalue weighted by atomic mass is 10.1. The monoisotopic (exact) mass is 457 g/mol. The van der Waals surface area contributed by atoms with Crippen LogP contribution < -0.4 is 5.73 Å². The average molecular weight is 458 g/mol. The fourth-order valence-corrected chi connectivity index (χ4v) is 4.36. The largest absolute Gasteiger partial charge is 0.330 e. The number of nitriles is 1. The summed E-state index contributed by atoms with van der Waals surface area (Å²) in [5.41, 5.74) is 7.90.